The number of anilines is 4. The monoisotopic (exact) mass is 519 g/mol. The molecule has 3 N–H and O–H groups in total. The molecule has 0 amide bonds. The number of ether oxygens (including phenoxy) is 1. The summed E-state index contributed by atoms with van der Waals surface area (Å²) in [7, 11) is 1.45. The van der Waals surface area contributed by atoms with Gasteiger partial charge in [0.15, 0.2) is 11.6 Å². The topological polar surface area (TPSA) is 87.2 Å². The minimum Gasteiger partial charge on any atom is -0.494 e. The van der Waals surface area contributed by atoms with Gasteiger partial charge in [-0.3, -0.25) is 4.90 Å². The lowest BCUT2D eigenvalue weighted by atomic mass is 10.0. The molecule has 0 radical (unpaired) electrons. The van der Waals surface area contributed by atoms with Gasteiger partial charge >= 0.3 is 0 Å². The Balaban J connectivity index is 1.27. The highest BCUT2D eigenvalue weighted by Gasteiger charge is 2.21. The van der Waals surface area contributed by atoms with Crippen LogP contribution < -0.4 is 20.7 Å². The molecule has 2 heterocycles. The van der Waals surface area contributed by atoms with Gasteiger partial charge in [-0.25, -0.2) is 4.39 Å². The molecule has 38 heavy (non-hydrogen) atoms. The van der Waals surface area contributed by atoms with Crippen molar-refractivity contribution in [3.05, 3.63) is 59.9 Å². The number of hydrogen-bond acceptors (Lipinski definition) is 8. The second-order valence-corrected chi connectivity index (χ2v) is 10.3. The molecule has 0 bridgehead atoms. The fraction of sp³-hybridized carbons (Fsp3) is 0.483. The molecule has 1 aliphatic carbocycles. The SMILES string of the molecule is COc1ccc(Nc2nc(NC3CCCCCC3)nc(NC3CCN(Cc4ccccc4)CC3)n2)cc1F. The van der Waals surface area contributed by atoms with Gasteiger partial charge in [-0.1, -0.05) is 56.0 Å². The standard InChI is InChI=1S/C29H38FN7O/c1-38-26-14-13-24(19-25(26)30)33-29-35-27(31-22-11-7-2-3-8-12-22)34-28(36-29)32-23-15-17-37(18-16-23)20-21-9-5-4-6-10-21/h4-6,9-10,13-14,19,22-23H,2-3,7-8,11-12,15-18,20H2,1H3,(H3,31,32,33,34,35,36). The van der Waals surface area contributed by atoms with Gasteiger partial charge in [-0.2, -0.15) is 15.0 Å². The highest BCUT2D eigenvalue weighted by Crippen LogP contribution is 2.25. The molecule has 0 unspecified atom stereocenters. The van der Waals surface area contributed by atoms with Crippen molar-refractivity contribution in [2.24, 2.45) is 0 Å². The first-order valence-corrected chi connectivity index (χ1v) is 13.8. The van der Waals surface area contributed by atoms with E-state index in [0.29, 0.717) is 29.6 Å². The summed E-state index contributed by atoms with van der Waals surface area (Å²) in [4.78, 5) is 16.5. The maximum atomic E-state index is 14.3. The van der Waals surface area contributed by atoms with Crippen molar-refractivity contribution in [2.75, 3.05) is 36.1 Å². The van der Waals surface area contributed by atoms with Crippen molar-refractivity contribution < 1.29 is 9.13 Å². The van der Waals surface area contributed by atoms with Gasteiger partial charge in [0.2, 0.25) is 17.8 Å². The number of rotatable bonds is 9. The van der Waals surface area contributed by atoms with E-state index in [1.165, 1.54) is 44.4 Å². The molecule has 9 heteroatoms. The summed E-state index contributed by atoms with van der Waals surface area (Å²) >= 11 is 0. The summed E-state index contributed by atoms with van der Waals surface area (Å²) < 4.78 is 19.3. The second kappa shape index (κ2) is 12.9. The molecule has 202 valence electrons. The molecule has 1 saturated carbocycles. The van der Waals surface area contributed by atoms with Gasteiger partial charge in [-0.15, -0.1) is 0 Å². The smallest absolute Gasteiger partial charge is 0.233 e. The molecule has 1 aliphatic heterocycles. The van der Waals surface area contributed by atoms with Crippen molar-refractivity contribution in [3.63, 3.8) is 0 Å². The minimum atomic E-state index is -0.441. The van der Waals surface area contributed by atoms with Crippen molar-refractivity contribution in [1.82, 2.24) is 19.9 Å². The molecule has 0 spiro atoms. The first-order chi connectivity index (χ1) is 18.6. The molecule has 2 aliphatic rings. The fourth-order valence-corrected chi connectivity index (χ4v) is 5.30. The van der Waals surface area contributed by atoms with E-state index in [9.17, 15) is 4.39 Å². The zero-order valence-electron chi connectivity index (χ0n) is 22.1. The van der Waals surface area contributed by atoms with Gasteiger partial charge < -0.3 is 20.7 Å². The number of likely N-dealkylation sites (tertiary alicyclic amines) is 1. The third kappa shape index (κ3) is 7.31. The molecule has 1 aromatic heterocycles. The van der Waals surface area contributed by atoms with Crippen molar-refractivity contribution in [3.8, 4) is 5.75 Å². The van der Waals surface area contributed by atoms with Crippen LogP contribution in [0.4, 0.5) is 27.9 Å². The minimum absolute atomic E-state index is 0.197. The maximum Gasteiger partial charge on any atom is 0.233 e. The van der Waals surface area contributed by atoms with Crippen LogP contribution in [0, 0.1) is 5.82 Å². The van der Waals surface area contributed by atoms with E-state index in [-0.39, 0.29) is 11.8 Å². The van der Waals surface area contributed by atoms with Crippen molar-refractivity contribution in [2.45, 2.75) is 70.0 Å². The third-order valence-electron chi connectivity index (χ3n) is 7.40. The van der Waals surface area contributed by atoms with Crippen LogP contribution >= 0.6 is 0 Å². The predicted molar refractivity (Wildman–Crippen MR) is 150 cm³/mol. The molecule has 1 saturated heterocycles. The lowest BCUT2D eigenvalue weighted by Crippen LogP contribution is -2.39. The van der Waals surface area contributed by atoms with E-state index in [2.05, 4.69) is 61.2 Å². The number of nitrogens with zero attached hydrogens (tertiary/aromatic N) is 4. The van der Waals surface area contributed by atoms with Crippen LogP contribution in [0.1, 0.15) is 56.9 Å². The van der Waals surface area contributed by atoms with E-state index >= 15 is 0 Å². The zero-order chi connectivity index (χ0) is 26.2. The number of hydrogen-bond donors (Lipinski definition) is 3. The van der Waals surface area contributed by atoms with Crippen LogP contribution in [0.3, 0.4) is 0 Å². The second-order valence-electron chi connectivity index (χ2n) is 10.3. The average Bonchev–Trinajstić information content (AvgIpc) is 3.19. The Morgan fingerprint density at radius 1 is 0.816 bits per heavy atom. The average molecular weight is 520 g/mol. The zero-order valence-corrected chi connectivity index (χ0v) is 22.1. The molecular formula is C29H38FN7O. The number of piperidine rings is 1. The Bertz CT molecular complexity index is 1160. The Morgan fingerprint density at radius 3 is 2.08 bits per heavy atom. The summed E-state index contributed by atoms with van der Waals surface area (Å²) in [6.45, 7) is 3.00. The van der Waals surface area contributed by atoms with Gasteiger partial charge in [0, 0.05) is 43.5 Å². The van der Waals surface area contributed by atoms with E-state index in [4.69, 9.17) is 9.72 Å². The Morgan fingerprint density at radius 2 is 1.45 bits per heavy atom. The lowest BCUT2D eigenvalue weighted by molar-refractivity contribution is 0.211. The summed E-state index contributed by atoms with van der Waals surface area (Å²) in [5.74, 6) is 1.22. The number of benzene rings is 2. The van der Waals surface area contributed by atoms with Crippen LogP contribution in [0.5, 0.6) is 5.75 Å². The van der Waals surface area contributed by atoms with Crippen LogP contribution in [-0.2, 0) is 6.54 Å². The normalized spacial score (nSPS) is 17.5. The Hall–Kier alpha value is -3.46. The van der Waals surface area contributed by atoms with Crippen LogP contribution in [0.2, 0.25) is 0 Å². The molecule has 3 aromatic rings. The first kappa shape index (κ1) is 26.2. The lowest BCUT2D eigenvalue weighted by Gasteiger charge is -2.32. The quantitative estimate of drug-likeness (QED) is 0.298. The molecular weight excluding hydrogens is 481 g/mol. The van der Waals surface area contributed by atoms with Crippen LogP contribution in [-0.4, -0.2) is 52.1 Å². The molecule has 8 nitrogen and oxygen atoms in total. The van der Waals surface area contributed by atoms with E-state index < -0.39 is 5.82 Å². The Labute approximate surface area is 224 Å². The molecule has 2 aromatic carbocycles. The maximum absolute atomic E-state index is 14.3. The first-order valence-electron chi connectivity index (χ1n) is 13.8. The number of methoxy groups -OCH3 is 1. The highest BCUT2D eigenvalue weighted by atomic mass is 19.1. The summed E-state index contributed by atoms with van der Waals surface area (Å²) in [6, 6.07) is 16.0. The Kier molecular flexibility index (Phi) is 8.86. The van der Waals surface area contributed by atoms with Gasteiger partial charge in [0.1, 0.15) is 0 Å². The van der Waals surface area contributed by atoms with E-state index in [1.54, 1.807) is 12.1 Å². The molecule has 0 atom stereocenters. The van der Waals surface area contributed by atoms with Gasteiger partial charge in [0.05, 0.1) is 7.11 Å². The van der Waals surface area contributed by atoms with Crippen LogP contribution in [0.25, 0.3) is 0 Å². The molecule has 2 fully saturated rings. The fourth-order valence-electron chi connectivity index (χ4n) is 5.30. The van der Waals surface area contributed by atoms with Crippen molar-refractivity contribution >= 4 is 23.5 Å². The summed E-state index contributed by atoms with van der Waals surface area (Å²) in [6.07, 6.45) is 9.23. The predicted octanol–water partition coefficient (Wildman–Crippen LogP) is 5.97. The summed E-state index contributed by atoms with van der Waals surface area (Å²) in [5.41, 5.74) is 1.89. The number of aromatic nitrogens is 3. The highest BCUT2D eigenvalue weighted by molar-refractivity contribution is 5.57. The largest absolute Gasteiger partial charge is 0.494 e. The summed E-state index contributed by atoms with van der Waals surface area (Å²) in [5, 5.41) is 10.2. The molecule has 5 rings (SSSR count). The van der Waals surface area contributed by atoms with Gasteiger partial charge in [0.25, 0.3) is 0 Å². The number of nitrogens with one attached hydrogen (secondary N) is 3. The van der Waals surface area contributed by atoms with Crippen LogP contribution in [0.15, 0.2) is 48.5 Å². The van der Waals surface area contributed by atoms with Crippen molar-refractivity contribution in [1.29, 1.82) is 0 Å². The van der Waals surface area contributed by atoms with E-state index in [0.717, 1.165) is 45.3 Å². The van der Waals surface area contributed by atoms with Gasteiger partial charge in [-0.05, 0) is 43.4 Å². The van der Waals surface area contributed by atoms with E-state index in [1.807, 2.05) is 0 Å². The number of halogens is 1. The third-order valence-corrected chi connectivity index (χ3v) is 7.40.